The van der Waals surface area contributed by atoms with Crippen LogP contribution >= 0.6 is 11.8 Å². The van der Waals surface area contributed by atoms with Crippen LogP contribution in [0, 0.1) is 0 Å². The summed E-state index contributed by atoms with van der Waals surface area (Å²) >= 11 is 2.08. The zero-order valence-corrected chi connectivity index (χ0v) is 13.6. The van der Waals surface area contributed by atoms with E-state index in [1.54, 1.807) is 0 Å². The SMILES string of the molecule is CC(CCN(C)C)NC1CCOC2(CCSCC2)C1. The summed E-state index contributed by atoms with van der Waals surface area (Å²) in [7, 11) is 4.30. The predicted molar refractivity (Wildman–Crippen MR) is 84.0 cm³/mol. The number of thioether (sulfide) groups is 1. The highest BCUT2D eigenvalue weighted by Gasteiger charge is 2.38. The minimum Gasteiger partial charge on any atom is -0.375 e. The van der Waals surface area contributed by atoms with Crippen molar-refractivity contribution in [2.75, 3.05) is 38.8 Å². The van der Waals surface area contributed by atoms with Crippen molar-refractivity contribution in [2.24, 2.45) is 0 Å². The van der Waals surface area contributed by atoms with E-state index in [2.05, 4.69) is 43.0 Å². The van der Waals surface area contributed by atoms with Crippen molar-refractivity contribution >= 4 is 11.8 Å². The van der Waals surface area contributed by atoms with E-state index in [0.29, 0.717) is 12.1 Å². The van der Waals surface area contributed by atoms with Crippen molar-refractivity contribution < 1.29 is 4.74 Å². The van der Waals surface area contributed by atoms with E-state index in [1.807, 2.05) is 0 Å². The lowest BCUT2D eigenvalue weighted by atomic mass is 9.85. The minimum atomic E-state index is 0.211. The lowest BCUT2D eigenvalue weighted by molar-refractivity contribution is -0.0941. The molecule has 19 heavy (non-hydrogen) atoms. The van der Waals surface area contributed by atoms with Crippen LogP contribution in [0.4, 0.5) is 0 Å². The Morgan fingerprint density at radius 1 is 1.37 bits per heavy atom. The van der Waals surface area contributed by atoms with E-state index >= 15 is 0 Å². The number of hydrogen-bond donors (Lipinski definition) is 1. The van der Waals surface area contributed by atoms with Crippen LogP contribution in [-0.2, 0) is 4.74 Å². The van der Waals surface area contributed by atoms with Gasteiger partial charge in [-0.15, -0.1) is 0 Å². The topological polar surface area (TPSA) is 24.5 Å². The van der Waals surface area contributed by atoms with Gasteiger partial charge in [0.15, 0.2) is 0 Å². The molecule has 2 fully saturated rings. The normalized spacial score (nSPS) is 28.7. The van der Waals surface area contributed by atoms with Crippen molar-refractivity contribution in [3.63, 3.8) is 0 Å². The maximum atomic E-state index is 6.15. The summed E-state index contributed by atoms with van der Waals surface area (Å²) in [4.78, 5) is 2.27. The molecule has 0 aromatic heterocycles. The molecule has 1 spiro atoms. The zero-order chi connectivity index (χ0) is 13.7. The first-order valence-electron chi connectivity index (χ1n) is 7.72. The van der Waals surface area contributed by atoms with Gasteiger partial charge in [-0.1, -0.05) is 0 Å². The molecule has 0 aromatic rings. The van der Waals surface area contributed by atoms with Gasteiger partial charge in [-0.3, -0.25) is 0 Å². The summed E-state index contributed by atoms with van der Waals surface area (Å²) in [5.41, 5.74) is 0.211. The maximum absolute atomic E-state index is 6.15. The molecule has 2 aliphatic heterocycles. The molecular formula is C15H30N2OS. The average Bonchev–Trinajstić information content (AvgIpc) is 2.37. The first kappa shape index (κ1) is 15.6. The standard InChI is InChI=1S/C15H30N2OS/c1-13(4-8-17(2)3)16-14-5-9-18-15(12-14)6-10-19-11-7-15/h13-14,16H,4-12H2,1-3H3. The number of hydrogen-bond acceptors (Lipinski definition) is 4. The Kier molecular flexibility index (Phi) is 6.00. The lowest BCUT2D eigenvalue weighted by Gasteiger charge is -2.44. The molecule has 0 aliphatic carbocycles. The molecule has 3 nitrogen and oxygen atoms in total. The fourth-order valence-corrected chi connectivity index (χ4v) is 4.44. The summed E-state index contributed by atoms with van der Waals surface area (Å²) in [6, 6.07) is 1.27. The molecule has 0 aromatic carbocycles. The van der Waals surface area contributed by atoms with Crippen molar-refractivity contribution in [3.8, 4) is 0 Å². The van der Waals surface area contributed by atoms with Gasteiger partial charge in [0.2, 0.25) is 0 Å². The van der Waals surface area contributed by atoms with Crippen LogP contribution in [-0.4, -0.2) is 61.3 Å². The highest BCUT2D eigenvalue weighted by atomic mass is 32.2. The third-order valence-electron chi connectivity index (χ3n) is 4.43. The Morgan fingerprint density at radius 3 is 2.79 bits per heavy atom. The van der Waals surface area contributed by atoms with Crippen LogP contribution in [0.15, 0.2) is 0 Å². The van der Waals surface area contributed by atoms with Gasteiger partial charge in [-0.05, 0) is 71.2 Å². The van der Waals surface area contributed by atoms with Crippen LogP contribution in [0.25, 0.3) is 0 Å². The van der Waals surface area contributed by atoms with Crippen LogP contribution < -0.4 is 5.32 Å². The average molecular weight is 286 g/mol. The Bertz CT molecular complexity index is 261. The van der Waals surface area contributed by atoms with E-state index in [0.717, 1.165) is 6.61 Å². The molecule has 2 saturated heterocycles. The summed E-state index contributed by atoms with van der Waals surface area (Å²) in [6.45, 7) is 4.43. The summed E-state index contributed by atoms with van der Waals surface area (Å²) in [5, 5.41) is 3.83. The van der Waals surface area contributed by atoms with E-state index in [-0.39, 0.29) is 5.60 Å². The molecule has 0 radical (unpaired) electrons. The Balaban J connectivity index is 1.77. The van der Waals surface area contributed by atoms with Gasteiger partial charge in [0.25, 0.3) is 0 Å². The molecule has 4 heteroatoms. The monoisotopic (exact) mass is 286 g/mol. The fourth-order valence-electron chi connectivity index (χ4n) is 3.20. The second-order valence-electron chi connectivity index (χ2n) is 6.49. The van der Waals surface area contributed by atoms with Crippen LogP contribution in [0.5, 0.6) is 0 Å². The van der Waals surface area contributed by atoms with Gasteiger partial charge in [-0.25, -0.2) is 0 Å². The van der Waals surface area contributed by atoms with Gasteiger partial charge in [0.05, 0.1) is 5.60 Å². The second kappa shape index (κ2) is 7.30. The molecule has 2 rings (SSSR count). The number of rotatable bonds is 5. The Hall–Kier alpha value is 0.230. The first-order valence-corrected chi connectivity index (χ1v) is 8.88. The zero-order valence-electron chi connectivity index (χ0n) is 12.8. The molecule has 112 valence electrons. The third-order valence-corrected chi connectivity index (χ3v) is 5.41. The number of ether oxygens (including phenoxy) is 1. The highest BCUT2D eigenvalue weighted by molar-refractivity contribution is 7.99. The first-order chi connectivity index (χ1) is 9.10. The van der Waals surface area contributed by atoms with Gasteiger partial charge in [0.1, 0.15) is 0 Å². The predicted octanol–water partition coefficient (Wildman–Crippen LogP) is 2.36. The van der Waals surface area contributed by atoms with E-state index in [4.69, 9.17) is 4.74 Å². The molecule has 0 saturated carbocycles. The van der Waals surface area contributed by atoms with Gasteiger partial charge >= 0.3 is 0 Å². The summed E-state index contributed by atoms with van der Waals surface area (Å²) < 4.78 is 6.15. The second-order valence-corrected chi connectivity index (χ2v) is 7.72. The molecule has 0 bridgehead atoms. The fraction of sp³-hybridized carbons (Fsp3) is 1.00. The smallest absolute Gasteiger partial charge is 0.0713 e. The molecule has 2 unspecified atom stereocenters. The Morgan fingerprint density at radius 2 is 2.11 bits per heavy atom. The lowest BCUT2D eigenvalue weighted by Crippen LogP contribution is -2.50. The minimum absolute atomic E-state index is 0.211. The maximum Gasteiger partial charge on any atom is 0.0713 e. The molecule has 1 N–H and O–H groups in total. The van der Waals surface area contributed by atoms with E-state index in [9.17, 15) is 0 Å². The van der Waals surface area contributed by atoms with Crippen molar-refractivity contribution in [1.29, 1.82) is 0 Å². The largest absolute Gasteiger partial charge is 0.375 e. The third kappa shape index (κ3) is 4.92. The Labute approximate surface area is 122 Å². The molecule has 2 heterocycles. The van der Waals surface area contributed by atoms with Gasteiger partial charge < -0.3 is 15.0 Å². The molecule has 2 aliphatic rings. The number of nitrogens with one attached hydrogen (secondary N) is 1. The molecular weight excluding hydrogens is 256 g/mol. The van der Waals surface area contributed by atoms with Gasteiger partial charge in [0, 0.05) is 18.7 Å². The van der Waals surface area contributed by atoms with Crippen LogP contribution in [0.2, 0.25) is 0 Å². The van der Waals surface area contributed by atoms with Crippen LogP contribution in [0.1, 0.15) is 39.0 Å². The van der Waals surface area contributed by atoms with Crippen molar-refractivity contribution in [3.05, 3.63) is 0 Å². The molecule has 2 atom stereocenters. The van der Waals surface area contributed by atoms with E-state index < -0.39 is 0 Å². The van der Waals surface area contributed by atoms with Crippen molar-refractivity contribution in [1.82, 2.24) is 10.2 Å². The number of nitrogens with zero attached hydrogens (tertiary/aromatic N) is 1. The van der Waals surface area contributed by atoms with Gasteiger partial charge in [-0.2, -0.15) is 11.8 Å². The highest BCUT2D eigenvalue weighted by Crippen LogP contribution is 2.37. The summed E-state index contributed by atoms with van der Waals surface area (Å²) in [5.74, 6) is 2.56. The van der Waals surface area contributed by atoms with Crippen molar-refractivity contribution in [2.45, 2.75) is 56.7 Å². The molecule has 0 amide bonds. The van der Waals surface area contributed by atoms with Crippen LogP contribution in [0.3, 0.4) is 0 Å². The van der Waals surface area contributed by atoms with E-state index in [1.165, 1.54) is 50.2 Å². The quantitative estimate of drug-likeness (QED) is 0.838. The summed E-state index contributed by atoms with van der Waals surface area (Å²) in [6.07, 6.45) is 6.14.